The lowest BCUT2D eigenvalue weighted by molar-refractivity contribution is -0.372. The Kier molecular flexibility index (Phi) is 11.8. The second kappa shape index (κ2) is 14.7. The predicted octanol–water partition coefficient (Wildman–Crippen LogP) is 11.7. The Balaban J connectivity index is 1.52. The van der Waals surface area contributed by atoms with Crippen LogP contribution in [0, 0.1) is 10.8 Å². The molecule has 0 aromatic heterocycles. The summed E-state index contributed by atoms with van der Waals surface area (Å²) in [5.74, 6) is 0. The summed E-state index contributed by atoms with van der Waals surface area (Å²) in [6, 6.07) is 0. The van der Waals surface area contributed by atoms with E-state index in [1.807, 2.05) is 0 Å². The van der Waals surface area contributed by atoms with E-state index in [0.717, 1.165) is 12.0 Å². The highest BCUT2D eigenvalue weighted by atomic mass is 17.2. The minimum Gasteiger partial charge on any atom is -0.225 e. The lowest BCUT2D eigenvalue weighted by atomic mass is 9.65. The quantitative estimate of drug-likeness (QED) is 0.156. The minimum absolute atomic E-state index is 0.138. The second-order valence-electron chi connectivity index (χ2n) is 14.2. The fourth-order valence-corrected chi connectivity index (χ4v) is 6.49. The number of hydrogen-bond donors (Lipinski definition) is 0. The molecule has 3 aliphatic rings. The number of allylic oxidation sites excluding steroid dienone is 17. The smallest absolute Gasteiger partial charge is 0.133 e. The van der Waals surface area contributed by atoms with Crippen molar-refractivity contribution in [3.8, 4) is 0 Å². The predicted molar refractivity (Wildman–Crippen MR) is 182 cm³/mol. The van der Waals surface area contributed by atoms with Crippen LogP contribution in [0.4, 0.5) is 0 Å². The van der Waals surface area contributed by atoms with Gasteiger partial charge in [-0.05, 0) is 114 Å². The molecule has 2 heteroatoms. The first-order chi connectivity index (χ1) is 19.7. The van der Waals surface area contributed by atoms with Crippen molar-refractivity contribution in [3.63, 3.8) is 0 Å². The molecule has 0 aromatic carbocycles. The van der Waals surface area contributed by atoms with Gasteiger partial charge in [0.25, 0.3) is 0 Å². The molecule has 1 heterocycles. The van der Waals surface area contributed by atoms with Crippen molar-refractivity contribution in [2.75, 3.05) is 0 Å². The van der Waals surface area contributed by atoms with Gasteiger partial charge >= 0.3 is 0 Å². The molecule has 0 N–H and O–H groups in total. The summed E-state index contributed by atoms with van der Waals surface area (Å²) in [5, 5.41) is 0. The van der Waals surface area contributed by atoms with Gasteiger partial charge in [-0.2, -0.15) is 0 Å². The van der Waals surface area contributed by atoms with Crippen LogP contribution < -0.4 is 0 Å². The van der Waals surface area contributed by atoms with Gasteiger partial charge in [0.05, 0.1) is 0 Å². The van der Waals surface area contributed by atoms with Gasteiger partial charge in [-0.3, -0.25) is 0 Å². The van der Waals surface area contributed by atoms with E-state index < -0.39 is 0 Å². The van der Waals surface area contributed by atoms with Crippen molar-refractivity contribution in [3.05, 3.63) is 118 Å². The first-order valence-electron chi connectivity index (χ1n) is 15.9. The van der Waals surface area contributed by atoms with E-state index in [1.54, 1.807) is 5.57 Å². The van der Waals surface area contributed by atoms with E-state index >= 15 is 0 Å². The molecule has 0 saturated heterocycles. The monoisotopic (exact) mass is 568 g/mol. The van der Waals surface area contributed by atoms with Crippen LogP contribution in [-0.2, 0) is 9.78 Å². The van der Waals surface area contributed by atoms with Crippen LogP contribution in [0.1, 0.15) is 108 Å². The van der Waals surface area contributed by atoms with E-state index in [2.05, 4.69) is 148 Å². The third-order valence-corrected chi connectivity index (χ3v) is 9.18. The van der Waals surface area contributed by atoms with Gasteiger partial charge in [0, 0.05) is 0 Å². The zero-order valence-corrected chi connectivity index (χ0v) is 28.1. The highest BCUT2D eigenvalue weighted by Crippen LogP contribution is 2.50. The van der Waals surface area contributed by atoms with Crippen molar-refractivity contribution >= 4 is 0 Å². The van der Waals surface area contributed by atoms with Gasteiger partial charge in [-0.1, -0.05) is 123 Å². The maximum atomic E-state index is 5.96. The van der Waals surface area contributed by atoms with Crippen molar-refractivity contribution in [1.82, 2.24) is 0 Å². The van der Waals surface area contributed by atoms with Crippen LogP contribution in [0.5, 0.6) is 0 Å². The molecular weight excluding hydrogens is 512 g/mol. The summed E-state index contributed by atoms with van der Waals surface area (Å²) >= 11 is 0. The van der Waals surface area contributed by atoms with Gasteiger partial charge < -0.3 is 0 Å². The van der Waals surface area contributed by atoms with E-state index in [9.17, 15) is 0 Å². The zero-order chi connectivity index (χ0) is 31.0. The molecule has 0 aromatic rings. The molecule has 42 heavy (non-hydrogen) atoms. The Morgan fingerprint density at radius 1 is 0.714 bits per heavy atom. The van der Waals surface area contributed by atoms with Crippen LogP contribution in [-0.4, -0.2) is 11.7 Å². The van der Waals surface area contributed by atoms with Gasteiger partial charge in [0.1, 0.15) is 11.7 Å². The summed E-state index contributed by atoms with van der Waals surface area (Å²) in [6.07, 6.45) is 35.2. The molecule has 0 amide bonds. The normalized spacial score (nSPS) is 28.0. The molecule has 0 radical (unpaired) electrons. The lowest BCUT2D eigenvalue weighted by Gasteiger charge is -2.47. The molecule has 1 aliphatic heterocycles. The Labute approximate surface area is 257 Å². The SMILES string of the molecule is CC1=C(/C=C/C(C)=C/C=C/C(C)=C/C=C/C=C(C)/C=C/C=C(\C)[C@@H]2C=C3C(C)(C)CCC[C@@]3(C)OO2)C(C)(C)CCC1. The van der Waals surface area contributed by atoms with Crippen LogP contribution in [0.2, 0.25) is 0 Å². The standard InChI is InChI=1S/C40H56O2/c1-30(19-13-20-32(3)24-25-35-33(4)23-15-26-38(35,6)7)17-11-12-18-31(2)21-14-22-34(5)36-29-37-39(8,9)27-16-28-40(37,10)42-41-36/h11-14,17-22,24-25,29,36H,15-16,23,26-28H2,1-10H3/b12-11+,19-13+,21-14+,25-24+,30-17+,31-18+,32-20+,34-22+/t36-,40+/m0/s1. The largest absolute Gasteiger partial charge is 0.225 e. The second-order valence-corrected chi connectivity index (χ2v) is 14.2. The summed E-state index contributed by atoms with van der Waals surface area (Å²) in [7, 11) is 0. The highest BCUT2D eigenvalue weighted by molar-refractivity contribution is 5.38. The van der Waals surface area contributed by atoms with Gasteiger partial charge in [0.2, 0.25) is 0 Å². The first kappa shape index (κ1) is 33.8. The Morgan fingerprint density at radius 2 is 1.29 bits per heavy atom. The molecule has 2 atom stereocenters. The molecular formula is C40H56O2. The average Bonchev–Trinajstić information content (AvgIpc) is 2.90. The molecule has 1 fully saturated rings. The summed E-state index contributed by atoms with van der Waals surface area (Å²) in [5.41, 5.74) is 9.38. The minimum atomic E-state index is -0.293. The highest BCUT2D eigenvalue weighted by Gasteiger charge is 2.46. The van der Waals surface area contributed by atoms with Crippen molar-refractivity contribution in [1.29, 1.82) is 0 Å². The number of rotatable bonds is 9. The summed E-state index contributed by atoms with van der Waals surface area (Å²) in [6.45, 7) is 22.4. The van der Waals surface area contributed by atoms with Crippen molar-refractivity contribution in [2.45, 2.75) is 119 Å². The van der Waals surface area contributed by atoms with Crippen LogP contribution in [0.25, 0.3) is 0 Å². The van der Waals surface area contributed by atoms with E-state index in [4.69, 9.17) is 9.78 Å². The van der Waals surface area contributed by atoms with E-state index in [1.165, 1.54) is 60.0 Å². The summed E-state index contributed by atoms with van der Waals surface area (Å²) < 4.78 is 0. The Bertz CT molecular complexity index is 1280. The van der Waals surface area contributed by atoms with Crippen LogP contribution in [0.3, 0.4) is 0 Å². The van der Waals surface area contributed by atoms with Gasteiger partial charge in [0.15, 0.2) is 0 Å². The maximum Gasteiger partial charge on any atom is 0.133 e. The molecule has 0 bridgehead atoms. The van der Waals surface area contributed by atoms with Gasteiger partial charge in [-0.15, -0.1) is 0 Å². The third kappa shape index (κ3) is 9.41. The van der Waals surface area contributed by atoms with Crippen molar-refractivity contribution < 1.29 is 9.78 Å². The third-order valence-electron chi connectivity index (χ3n) is 9.18. The summed E-state index contributed by atoms with van der Waals surface area (Å²) in [4.78, 5) is 11.8. The van der Waals surface area contributed by atoms with Gasteiger partial charge in [-0.25, -0.2) is 9.78 Å². The fraction of sp³-hybridized carbons (Fsp3) is 0.500. The van der Waals surface area contributed by atoms with Crippen molar-refractivity contribution in [2.24, 2.45) is 10.8 Å². The molecule has 0 unspecified atom stereocenters. The van der Waals surface area contributed by atoms with Crippen LogP contribution in [0.15, 0.2) is 118 Å². The Morgan fingerprint density at radius 3 is 1.93 bits per heavy atom. The molecule has 228 valence electrons. The maximum absolute atomic E-state index is 5.96. The molecule has 0 spiro atoms. The number of fused-ring (bicyclic) bond motifs is 1. The first-order valence-corrected chi connectivity index (χ1v) is 15.9. The fourth-order valence-electron chi connectivity index (χ4n) is 6.49. The van der Waals surface area contributed by atoms with E-state index in [-0.39, 0.29) is 22.5 Å². The molecule has 1 saturated carbocycles. The average molecular weight is 569 g/mol. The lowest BCUT2D eigenvalue weighted by Crippen LogP contribution is -2.46. The van der Waals surface area contributed by atoms with Crippen LogP contribution >= 0.6 is 0 Å². The van der Waals surface area contributed by atoms with E-state index in [0.29, 0.717) is 0 Å². The Hall–Kier alpha value is -2.68. The molecule has 2 aliphatic carbocycles. The topological polar surface area (TPSA) is 18.5 Å². The zero-order valence-electron chi connectivity index (χ0n) is 28.1. The number of hydrogen-bond acceptors (Lipinski definition) is 2. The molecule has 2 nitrogen and oxygen atoms in total. The molecule has 3 rings (SSSR count).